The van der Waals surface area contributed by atoms with E-state index < -0.39 is 18.4 Å². The summed E-state index contributed by atoms with van der Waals surface area (Å²) in [6.45, 7) is 4.26. The molecule has 2 aliphatic rings. The molecule has 2 aromatic rings. The van der Waals surface area contributed by atoms with Crippen molar-refractivity contribution >= 4 is 17.3 Å². The molecule has 2 aliphatic heterocycles. The Bertz CT molecular complexity index is 1170. The highest BCUT2D eigenvalue weighted by Crippen LogP contribution is 2.39. The zero-order valence-electron chi connectivity index (χ0n) is 19.2. The topological polar surface area (TPSA) is 70.1 Å². The summed E-state index contributed by atoms with van der Waals surface area (Å²) in [5.41, 5.74) is 0.918. The van der Waals surface area contributed by atoms with Crippen molar-refractivity contribution in [3.63, 3.8) is 0 Å². The van der Waals surface area contributed by atoms with E-state index in [1.165, 1.54) is 16.8 Å². The number of hydroxylamine groups is 1. The van der Waals surface area contributed by atoms with Gasteiger partial charge in [0.1, 0.15) is 11.4 Å². The second-order valence-corrected chi connectivity index (χ2v) is 8.17. The van der Waals surface area contributed by atoms with Gasteiger partial charge in [-0.3, -0.25) is 9.69 Å². The van der Waals surface area contributed by atoms with Crippen LogP contribution in [0.3, 0.4) is 0 Å². The lowest BCUT2D eigenvalue weighted by molar-refractivity contribution is -0.203. The largest absolute Gasteiger partial charge is 0.493 e. The SMILES string of the molecule is CC#CCN1c2c(ccn(CCc3ccccc3)c2=O)N(OC(=O)C(F)(F)F)C1N1CCNCC1. The number of halogens is 3. The Morgan fingerprint density at radius 2 is 1.89 bits per heavy atom. The van der Waals surface area contributed by atoms with Crippen molar-refractivity contribution in [1.82, 2.24) is 14.8 Å². The first-order valence-corrected chi connectivity index (χ1v) is 11.3. The van der Waals surface area contributed by atoms with Gasteiger partial charge in [0.05, 0.1) is 6.54 Å². The molecule has 0 bridgehead atoms. The Hall–Kier alpha value is -3.49. The third kappa shape index (κ3) is 5.28. The van der Waals surface area contributed by atoms with Crippen molar-refractivity contribution in [2.24, 2.45) is 0 Å². The van der Waals surface area contributed by atoms with Gasteiger partial charge in [-0.1, -0.05) is 36.3 Å². The molecule has 0 amide bonds. The number of fused-ring (bicyclic) bond motifs is 1. The Labute approximate surface area is 200 Å². The third-order valence-corrected chi connectivity index (χ3v) is 5.93. The molecule has 0 aliphatic carbocycles. The molecule has 1 N–H and O–H groups in total. The lowest BCUT2D eigenvalue weighted by atomic mass is 10.1. The summed E-state index contributed by atoms with van der Waals surface area (Å²) in [4.78, 5) is 33.8. The summed E-state index contributed by atoms with van der Waals surface area (Å²) < 4.78 is 40.9. The minimum atomic E-state index is -5.19. The minimum Gasteiger partial charge on any atom is -0.329 e. The van der Waals surface area contributed by atoms with E-state index in [1.54, 1.807) is 11.8 Å². The molecule has 1 aromatic heterocycles. The number of hydrogen-bond donors (Lipinski definition) is 1. The maximum Gasteiger partial charge on any atom is 0.493 e. The van der Waals surface area contributed by atoms with Gasteiger partial charge in [0.2, 0.25) is 0 Å². The van der Waals surface area contributed by atoms with Gasteiger partial charge < -0.3 is 19.6 Å². The van der Waals surface area contributed by atoms with Crippen LogP contribution >= 0.6 is 0 Å². The van der Waals surface area contributed by atoms with Crippen LogP contribution in [0.15, 0.2) is 47.4 Å². The number of nitrogens with one attached hydrogen (secondary N) is 1. The van der Waals surface area contributed by atoms with Crippen LogP contribution in [0, 0.1) is 11.8 Å². The van der Waals surface area contributed by atoms with E-state index in [-0.39, 0.29) is 23.5 Å². The molecule has 1 atom stereocenters. The van der Waals surface area contributed by atoms with Crippen LogP contribution in [0.25, 0.3) is 0 Å². The summed E-state index contributed by atoms with van der Waals surface area (Å²) >= 11 is 0. The molecule has 1 fully saturated rings. The van der Waals surface area contributed by atoms with Gasteiger partial charge in [0.15, 0.2) is 6.29 Å². The lowest BCUT2D eigenvalue weighted by Gasteiger charge is -2.40. The monoisotopic (exact) mass is 489 g/mol. The average Bonchev–Trinajstić information content (AvgIpc) is 3.16. The number of rotatable bonds is 6. The highest BCUT2D eigenvalue weighted by Gasteiger charge is 2.49. The first kappa shape index (κ1) is 24.6. The zero-order valence-corrected chi connectivity index (χ0v) is 19.2. The van der Waals surface area contributed by atoms with E-state index in [4.69, 9.17) is 4.84 Å². The summed E-state index contributed by atoms with van der Waals surface area (Å²) in [5.74, 6) is 3.33. The van der Waals surface area contributed by atoms with Crippen molar-refractivity contribution in [2.75, 3.05) is 42.7 Å². The molecule has 1 saturated heterocycles. The summed E-state index contributed by atoms with van der Waals surface area (Å²) in [5, 5.41) is 4.09. The lowest BCUT2D eigenvalue weighted by Crippen LogP contribution is -2.61. The van der Waals surface area contributed by atoms with Crippen LogP contribution in [0.4, 0.5) is 24.5 Å². The van der Waals surface area contributed by atoms with E-state index in [0.717, 1.165) is 10.6 Å². The fourth-order valence-corrected chi connectivity index (χ4v) is 4.26. The number of aromatic nitrogens is 1. The Balaban J connectivity index is 1.74. The van der Waals surface area contributed by atoms with E-state index in [0.29, 0.717) is 39.1 Å². The molecular weight excluding hydrogens is 463 g/mol. The molecule has 0 saturated carbocycles. The summed E-state index contributed by atoms with van der Waals surface area (Å²) in [6.07, 6.45) is -4.00. The predicted molar refractivity (Wildman–Crippen MR) is 125 cm³/mol. The van der Waals surface area contributed by atoms with Crippen molar-refractivity contribution in [3.05, 3.63) is 58.5 Å². The zero-order chi connectivity index (χ0) is 25.0. The second-order valence-electron chi connectivity index (χ2n) is 8.17. The van der Waals surface area contributed by atoms with Gasteiger partial charge in [0, 0.05) is 38.9 Å². The van der Waals surface area contributed by atoms with Crippen LogP contribution in [0.1, 0.15) is 12.5 Å². The number of pyridine rings is 1. The first-order chi connectivity index (χ1) is 16.8. The third-order valence-electron chi connectivity index (χ3n) is 5.93. The van der Waals surface area contributed by atoms with Crippen LogP contribution in [0.2, 0.25) is 0 Å². The number of benzene rings is 1. The van der Waals surface area contributed by atoms with Crippen molar-refractivity contribution in [2.45, 2.75) is 32.4 Å². The second kappa shape index (κ2) is 10.4. The van der Waals surface area contributed by atoms with Gasteiger partial charge in [-0.05, 0) is 25.0 Å². The molecule has 35 heavy (non-hydrogen) atoms. The molecular formula is C24H26F3N5O3. The van der Waals surface area contributed by atoms with Crippen molar-refractivity contribution < 1.29 is 22.8 Å². The smallest absolute Gasteiger partial charge is 0.329 e. The number of nitrogens with zero attached hydrogens (tertiary/aromatic N) is 4. The van der Waals surface area contributed by atoms with E-state index in [2.05, 4.69) is 17.2 Å². The summed E-state index contributed by atoms with van der Waals surface area (Å²) in [7, 11) is 0. The molecule has 1 unspecified atom stereocenters. The average molecular weight is 489 g/mol. The van der Waals surface area contributed by atoms with Gasteiger partial charge in [0.25, 0.3) is 5.56 Å². The fraction of sp³-hybridized carbons (Fsp3) is 0.417. The van der Waals surface area contributed by atoms with Crippen molar-refractivity contribution in [3.8, 4) is 11.8 Å². The van der Waals surface area contributed by atoms with Gasteiger partial charge in [-0.25, -0.2) is 4.79 Å². The number of carbonyl (C=O) groups is 1. The van der Waals surface area contributed by atoms with Crippen LogP contribution in [-0.2, 0) is 22.6 Å². The van der Waals surface area contributed by atoms with E-state index in [9.17, 15) is 22.8 Å². The maximum absolute atomic E-state index is 13.6. The van der Waals surface area contributed by atoms with Crippen LogP contribution in [0.5, 0.6) is 0 Å². The molecule has 3 heterocycles. The number of alkyl halides is 3. The molecule has 4 rings (SSSR count). The van der Waals surface area contributed by atoms with E-state index >= 15 is 0 Å². The highest BCUT2D eigenvalue weighted by atomic mass is 19.4. The quantitative estimate of drug-likeness (QED) is 0.622. The first-order valence-electron chi connectivity index (χ1n) is 11.3. The van der Waals surface area contributed by atoms with Crippen LogP contribution < -0.4 is 20.8 Å². The standard InChI is InChI=1S/C24H26F3N5O3/c1-2-3-13-31-20-19(10-15-29(21(20)33)14-9-18-7-5-4-6-8-18)32(35-22(34)24(25,26)27)23(31)30-16-11-28-12-17-30/h4-8,10,15,23,28H,9,11-14,16-17H2,1H3. The van der Waals surface area contributed by atoms with E-state index in [1.807, 2.05) is 35.2 Å². The maximum atomic E-state index is 13.6. The fourth-order valence-electron chi connectivity index (χ4n) is 4.26. The number of carbonyl (C=O) groups excluding carboxylic acids is 1. The van der Waals surface area contributed by atoms with Crippen LogP contribution in [-0.4, -0.2) is 60.6 Å². The highest BCUT2D eigenvalue weighted by molar-refractivity contribution is 5.81. The normalized spacial score (nSPS) is 18.1. The van der Waals surface area contributed by atoms with Gasteiger partial charge in [-0.15, -0.1) is 5.92 Å². The van der Waals surface area contributed by atoms with Crippen molar-refractivity contribution in [1.29, 1.82) is 0 Å². The molecule has 0 spiro atoms. The Morgan fingerprint density at radius 1 is 1.17 bits per heavy atom. The summed E-state index contributed by atoms with van der Waals surface area (Å²) in [6, 6.07) is 11.2. The molecule has 186 valence electrons. The Morgan fingerprint density at radius 3 is 2.54 bits per heavy atom. The number of hydrogen-bond acceptors (Lipinski definition) is 7. The number of aryl methyl sites for hydroxylation is 2. The molecule has 0 radical (unpaired) electrons. The molecule has 1 aromatic carbocycles. The molecule has 11 heteroatoms. The number of piperazine rings is 1. The molecule has 8 nitrogen and oxygen atoms in total. The Kier molecular flexibility index (Phi) is 7.33. The minimum absolute atomic E-state index is 0.0795. The predicted octanol–water partition coefficient (Wildman–Crippen LogP) is 1.95. The van der Waals surface area contributed by atoms with Gasteiger partial charge in [-0.2, -0.15) is 18.2 Å². The number of anilines is 2. The van der Waals surface area contributed by atoms with Gasteiger partial charge >= 0.3 is 12.1 Å².